The number of rotatable bonds is 14. The number of carbonyl (C=O) groups excluding carboxylic acids is 1. The molecule has 17 nitrogen and oxygen atoms in total. The second-order valence-electron chi connectivity index (χ2n) is 19.4. The summed E-state index contributed by atoms with van der Waals surface area (Å²) in [7, 11) is 3.43. The number of pyridine rings is 6. The second kappa shape index (κ2) is 33.6. The van der Waals surface area contributed by atoms with Crippen LogP contribution >= 0.6 is 39.1 Å². The Hall–Kier alpha value is -5.53. The van der Waals surface area contributed by atoms with E-state index < -0.39 is 5.82 Å². The molecule has 0 bridgehead atoms. The van der Waals surface area contributed by atoms with Crippen LogP contribution in [0.1, 0.15) is 39.2 Å². The summed E-state index contributed by atoms with van der Waals surface area (Å²) in [6, 6.07) is 25.3. The van der Waals surface area contributed by atoms with Crippen molar-refractivity contribution < 1.29 is 93.7 Å². The van der Waals surface area contributed by atoms with E-state index in [0.29, 0.717) is 55.9 Å². The van der Waals surface area contributed by atoms with Gasteiger partial charge in [0.2, 0.25) is 0 Å². The normalized spacial score (nSPS) is 13.5. The molecule has 0 amide bonds. The zero-order chi connectivity index (χ0) is 58.1. The Labute approximate surface area is 555 Å². The fourth-order valence-electron chi connectivity index (χ4n) is 9.90. The number of ether oxygens (including phenoxy) is 2. The molecule has 430 valence electrons. The number of hydrogen-bond acceptors (Lipinski definition) is 15. The summed E-state index contributed by atoms with van der Waals surface area (Å²) in [5, 5.41) is 24.7. The molecule has 2 aliphatic heterocycles. The monoisotopic (exact) mass is 1270 g/mol. The van der Waals surface area contributed by atoms with Gasteiger partial charge in [-0.25, -0.2) is 28.7 Å². The minimum Gasteiger partial charge on any atom is -1.00 e. The van der Waals surface area contributed by atoms with Crippen LogP contribution in [0.25, 0.3) is 89.1 Å². The number of piperidine rings is 2. The van der Waals surface area contributed by atoms with Crippen molar-refractivity contribution >= 4 is 67.7 Å². The molecule has 85 heavy (non-hydrogen) atoms. The van der Waals surface area contributed by atoms with E-state index in [0.717, 1.165) is 132 Å². The molecular formula is C61H59BrCl2F2N12Na2O5. The molecule has 0 unspecified atom stereocenters. The number of halogens is 5. The van der Waals surface area contributed by atoms with E-state index in [9.17, 15) is 8.78 Å². The molecule has 2 aromatic carbocycles. The van der Waals surface area contributed by atoms with E-state index in [4.69, 9.17) is 43.1 Å². The number of methoxy groups -OCH3 is 2. The van der Waals surface area contributed by atoms with Gasteiger partial charge >= 0.3 is 59.1 Å². The maximum absolute atomic E-state index is 14.8. The fraction of sp³-hybridized carbons (Fsp3) is 0.262. The Morgan fingerprint density at radius 2 is 1.09 bits per heavy atom. The van der Waals surface area contributed by atoms with Gasteiger partial charge in [-0.3, -0.25) is 24.1 Å². The molecule has 2 aliphatic rings. The summed E-state index contributed by atoms with van der Waals surface area (Å²) in [6.07, 6.45) is 22.9. The topological polar surface area (TPSA) is 196 Å². The van der Waals surface area contributed by atoms with Crippen molar-refractivity contribution in [1.82, 2.24) is 59.7 Å². The van der Waals surface area contributed by atoms with Crippen LogP contribution in [0, 0.1) is 11.6 Å². The van der Waals surface area contributed by atoms with Gasteiger partial charge in [0.25, 0.3) is 6.47 Å². The molecule has 12 rings (SSSR count). The molecule has 0 radical (unpaired) electrons. The van der Waals surface area contributed by atoms with Gasteiger partial charge in [-0.1, -0.05) is 39.1 Å². The average Bonchev–Trinajstić information content (AvgIpc) is 1.95. The standard InChI is InChI=1S/C30H28ClFN6O.C27H22ClFN6.C3H7BrO.CH2O3.2Na.H/c1-39-12-11-37-9-6-24(7-10-37)38-19-22(18-35-38)20-13-21(17-33-16-20)26-15-29(27-14-23(31)4-5-28(27)32)36-30-25(26)3-2-8-34-30;28-20-3-4-25(29)24(11-20)26-12-23(22-2-1-7-32-27(22)34-26)18-10-17(13-31-14-18)19-15-33-35(16-19)21-5-8-30-9-6-21;1-5-3-2-4;2-1-4-3;;;/h2-5,8,13-19,24H,6-7,9-12H2,1H3;1-4,7,10-16,21,30H,5-6,8-9H2;2-3H2,1H3;1,3H;;;/q;;;;2*+1;-1/p-1. The summed E-state index contributed by atoms with van der Waals surface area (Å²) >= 11 is 15.5. The van der Waals surface area contributed by atoms with Crippen molar-refractivity contribution in [2.24, 2.45) is 0 Å². The Morgan fingerprint density at radius 1 is 0.635 bits per heavy atom. The maximum atomic E-state index is 14.8. The first-order valence-corrected chi connectivity index (χ1v) is 28.6. The second-order valence-corrected chi connectivity index (χ2v) is 21.0. The predicted molar refractivity (Wildman–Crippen MR) is 320 cm³/mol. The number of fused-ring (bicyclic) bond motifs is 2. The molecule has 10 heterocycles. The first-order chi connectivity index (χ1) is 40.6. The number of carbonyl (C=O) groups is 1. The Kier molecular flexibility index (Phi) is 26.4. The number of hydrogen-bond donors (Lipinski definition) is 1. The van der Waals surface area contributed by atoms with Crippen molar-refractivity contribution in [1.29, 1.82) is 0 Å². The third-order valence-corrected chi connectivity index (χ3v) is 14.9. The van der Waals surface area contributed by atoms with Crippen LogP contribution < -0.4 is 69.7 Å². The quantitative estimate of drug-likeness (QED) is 0.0450. The molecule has 24 heteroatoms. The number of likely N-dealkylation sites (tertiary alicyclic amines) is 1. The summed E-state index contributed by atoms with van der Waals surface area (Å²) in [5.74, 6) is -0.780. The van der Waals surface area contributed by atoms with Crippen molar-refractivity contribution in [3.8, 4) is 67.0 Å². The van der Waals surface area contributed by atoms with E-state index in [2.05, 4.69) is 105 Å². The first kappa shape index (κ1) is 67.0. The molecule has 10 aromatic rings. The van der Waals surface area contributed by atoms with E-state index >= 15 is 0 Å². The van der Waals surface area contributed by atoms with Gasteiger partial charge in [-0.05, 0) is 135 Å². The van der Waals surface area contributed by atoms with Crippen molar-refractivity contribution in [2.75, 3.05) is 65.5 Å². The van der Waals surface area contributed by atoms with E-state index in [-0.39, 0.29) is 72.8 Å². The fourth-order valence-corrected chi connectivity index (χ4v) is 10.6. The summed E-state index contributed by atoms with van der Waals surface area (Å²) in [5.41, 5.74) is 10.1. The van der Waals surface area contributed by atoms with Gasteiger partial charge in [-0.2, -0.15) is 10.2 Å². The molecule has 0 saturated carbocycles. The van der Waals surface area contributed by atoms with E-state index in [1.54, 1.807) is 44.9 Å². The Bertz CT molecular complexity index is 3790. The van der Waals surface area contributed by atoms with Crippen LogP contribution in [0.15, 0.2) is 147 Å². The first-order valence-electron chi connectivity index (χ1n) is 26.7. The number of alkyl halides is 1. The number of benzene rings is 2. The van der Waals surface area contributed by atoms with Gasteiger partial charge in [0.1, 0.15) is 11.6 Å². The van der Waals surface area contributed by atoms with Crippen molar-refractivity contribution in [2.45, 2.75) is 37.8 Å². The van der Waals surface area contributed by atoms with Crippen molar-refractivity contribution in [3.63, 3.8) is 0 Å². The SMILES string of the molecule is COCCBr.COCCN1CCC(n2cc(-c3cncc(-c4cc(-c5cc(Cl)ccc5F)nc5ncccc45)c3)cn2)CC1.Fc1ccc(Cl)cc1-c1cc(-c2cncc(-c3cnn(C4CCNCC4)c3)c2)c2cccnc2n1.O=CO[O-].[H-].[Na+].[Na+]. The summed E-state index contributed by atoms with van der Waals surface area (Å²) in [6.45, 7) is 6.46. The van der Waals surface area contributed by atoms with E-state index in [1.165, 1.54) is 24.3 Å². The number of aromatic nitrogens is 10. The molecule has 8 aromatic heterocycles. The minimum atomic E-state index is -0.392. The van der Waals surface area contributed by atoms with Crippen LogP contribution in [-0.4, -0.2) is 126 Å². The number of nitrogens with one attached hydrogen (secondary N) is 1. The zero-order valence-corrected chi connectivity index (χ0v) is 54.5. The Balaban J connectivity index is 0.000000235. The minimum absolute atomic E-state index is 0. The molecule has 2 fully saturated rings. The van der Waals surface area contributed by atoms with Crippen LogP contribution in [0.2, 0.25) is 10.0 Å². The smallest absolute Gasteiger partial charge is 1.00 e. The third kappa shape index (κ3) is 17.6. The molecule has 0 atom stereocenters. The number of nitrogens with zero attached hydrogens (tertiary/aromatic N) is 11. The molecule has 0 aliphatic carbocycles. The predicted octanol–water partition coefficient (Wildman–Crippen LogP) is 5.82. The van der Waals surface area contributed by atoms with E-state index in [1.807, 2.05) is 67.4 Å². The third-order valence-electron chi connectivity index (χ3n) is 14.1. The van der Waals surface area contributed by atoms with Gasteiger partial charge in [0.05, 0.1) is 49.1 Å². The summed E-state index contributed by atoms with van der Waals surface area (Å²) < 4.78 is 43.5. The van der Waals surface area contributed by atoms with Gasteiger partial charge in [-0.15, -0.1) is 0 Å². The molecule has 0 spiro atoms. The van der Waals surface area contributed by atoms with Gasteiger partial charge < -0.3 is 31.3 Å². The van der Waals surface area contributed by atoms with Gasteiger partial charge in [0.15, 0.2) is 11.3 Å². The maximum Gasteiger partial charge on any atom is 1.00 e. The average molecular weight is 1280 g/mol. The molecule has 2 saturated heterocycles. The largest absolute Gasteiger partial charge is 1.00 e. The van der Waals surface area contributed by atoms with Crippen molar-refractivity contribution in [3.05, 3.63) is 169 Å². The summed E-state index contributed by atoms with van der Waals surface area (Å²) in [4.78, 5) is 40.9. The zero-order valence-electron chi connectivity index (χ0n) is 48.4. The Morgan fingerprint density at radius 3 is 1.53 bits per heavy atom. The van der Waals surface area contributed by atoms with Crippen LogP contribution in [-0.2, 0) is 19.2 Å². The van der Waals surface area contributed by atoms with Crippen LogP contribution in [0.4, 0.5) is 8.78 Å². The van der Waals surface area contributed by atoms with Crippen LogP contribution in [0.3, 0.4) is 0 Å². The van der Waals surface area contributed by atoms with Crippen LogP contribution in [0.5, 0.6) is 0 Å². The molecule has 1 N–H and O–H groups in total. The molecular weight excluding hydrogens is 1220 g/mol. The van der Waals surface area contributed by atoms with Gasteiger partial charge in [0, 0.05) is 154 Å².